The number of hydrogen-bond donors (Lipinski definition) is 2. The summed E-state index contributed by atoms with van der Waals surface area (Å²) in [5.41, 5.74) is -0.264. The van der Waals surface area contributed by atoms with Crippen LogP contribution in [0.25, 0.3) is 0 Å². The quantitative estimate of drug-likeness (QED) is 0.701. The molecular formula is C16H31N3O. The maximum atomic E-state index is 12.4. The summed E-state index contributed by atoms with van der Waals surface area (Å²) in [4.78, 5) is 15.0. The lowest BCUT2D eigenvalue weighted by Crippen LogP contribution is -2.53. The van der Waals surface area contributed by atoms with Crippen molar-refractivity contribution in [1.29, 1.82) is 0 Å². The molecule has 2 rings (SSSR count). The number of hydrogen-bond acceptors (Lipinski definition) is 3. The second kappa shape index (κ2) is 7.99. The molecule has 0 aromatic rings. The number of likely N-dealkylation sites (tertiary alicyclic amines) is 1. The maximum Gasteiger partial charge on any atom is 0.240 e. The van der Waals surface area contributed by atoms with Gasteiger partial charge in [0.25, 0.3) is 0 Å². The van der Waals surface area contributed by atoms with E-state index in [1.807, 2.05) is 0 Å². The predicted molar refractivity (Wildman–Crippen MR) is 82.8 cm³/mol. The van der Waals surface area contributed by atoms with Crippen molar-refractivity contribution in [2.45, 2.75) is 63.8 Å². The summed E-state index contributed by atoms with van der Waals surface area (Å²) >= 11 is 0. The van der Waals surface area contributed by atoms with Crippen LogP contribution in [0.2, 0.25) is 0 Å². The van der Waals surface area contributed by atoms with E-state index in [-0.39, 0.29) is 11.4 Å². The fourth-order valence-electron chi connectivity index (χ4n) is 3.61. The van der Waals surface area contributed by atoms with Crippen molar-refractivity contribution >= 4 is 5.91 Å². The molecule has 0 spiro atoms. The van der Waals surface area contributed by atoms with Gasteiger partial charge in [0, 0.05) is 6.54 Å². The highest BCUT2D eigenvalue weighted by atomic mass is 16.2. The van der Waals surface area contributed by atoms with Gasteiger partial charge in [0.05, 0.1) is 5.54 Å². The lowest BCUT2D eigenvalue weighted by atomic mass is 9.91. The van der Waals surface area contributed by atoms with Crippen LogP contribution < -0.4 is 10.6 Å². The van der Waals surface area contributed by atoms with E-state index in [9.17, 15) is 4.79 Å². The first-order valence-electron chi connectivity index (χ1n) is 8.52. The lowest BCUT2D eigenvalue weighted by Gasteiger charge is -2.29. The maximum absolute atomic E-state index is 12.4. The van der Waals surface area contributed by atoms with E-state index in [1.54, 1.807) is 0 Å². The summed E-state index contributed by atoms with van der Waals surface area (Å²) < 4.78 is 0. The van der Waals surface area contributed by atoms with Gasteiger partial charge in [-0.2, -0.15) is 0 Å². The Labute approximate surface area is 123 Å². The molecule has 2 aliphatic heterocycles. The number of rotatable bonds is 7. The van der Waals surface area contributed by atoms with E-state index < -0.39 is 0 Å². The minimum absolute atomic E-state index is 0.232. The Kier molecular flexibility index (Phi) is 6.30. The van der Waals surface area contributed by atoms with Gasteiger partial charge in [0.2, 0.25) is 5.91 Å². The molecule has 0 aromatic heterocycles. The van der Waals surface area contributed by atoms with Gasteiger partial charge in [-0.05, 0) is 64.7 Å². The van der Waals surface area contributed by atoms with E-state index in [4.69, 9.17) is 0 Å². The first-order valence-corrected chi connectivity index (χ1v) is 8.52. The van der Waals surface area contributed by atoms with Gasteiger partial charge in [-0.1, -0.05) is 19.8 Å². The molecule has 0 aromatic carbocycles. The molecule has 0 aliphatic carbocycles. The van der Waals surface area contributed by atoms with Gasteiger partial charge >= 0.3 is 0 Å². The van der Waals surface area contributed by atoms with Crippen molar-refractivity contribution in [3.05, 3.63) is 0 Å². The van der Waals surface area contributed by atoms with Gasteiger partial charge in [-0.15, -0.1) is 0 Å². The molecule has 2 N–H and O–H groups in total. The number of amides is 1. The van der Waals surface area contributed by atoms with Crippen molar-refractivity contribution in [2.24, 2.45) is 0 Å². The Morgan fingerprint density at radius 2 is 2.05 bits per heavy atom. The van der Waals surface area contributed by atoms with Crippen LogP contribution >= 0.6 is 0 Å². The second-order valence-electron chi connectivity index (χ2n) is 6.37. The average Bonchev–Trinajstić information content (AvgIpc) is 2.95. The summed E-state index contributed by atoms with van der Waals surface area (Å²) in [5.74, 6) is 0.232. The molecule has 1 atom stereocenters. The van der Waals surface area contributed by atoms with Crippen LogP contribution in [0.5, 0.6) is 0 Å². The molecule has 116 valence electrons. The van der Waals surface area contributed by atoms with Crippen molar-refractivity contribution < 1.29 is 4.79 Å². The number of piperidine rings is 1. The third-order valence-electron chi connectivity index (χ3n) is 4.74. The SMILES string of the molecule is CCCC1(C(=O)NCCCN2CCCCC2)CCCN1. The normalized spacial score (nSPS) is 27.6. The first kappa shape index (κ1) is 15.8. The topological polar surface area (TPSA) is 44.4 Å². The van der Waals surface area contributed by atoms with E-state index in [1.165, 1.54) is 32.4 Å². The third-order valence-corrected chi connectivity index (χ3v) is 4.74. The standard InChI is InChI=1S/C16H31N3O/c1-2-8-16(9-6-11-18-16)15(20)17-10-7-14-19-12-4-3-5-13-19/h18H,2-14H2,1H3,(H,17,20). The number of nitrogens with zero attached hydrogens (tertiary/aromatic N) is 1. The van der Waals surface area contributed by atoms with Crippen LogP contribution in [-0.4, -0.2) is 49.1 Å². The fraction of sp³-hybridized carbons (Fsp3) is 0.938. The van der Waals surface area contributed by atoms with Crippen molar-refractivity contribution in [2.75, 3.05) is 32.7 Å². The summed E-state index contributed by atoms with van der Waals surface area (Å²) in [6.45, 7) is 7.59. The molecule has 2 saturated heterocycles. The number of carbonyl (C=O) groups is 1. The molecule has 1 unspecified atom stereocenters. The van der Waals surface area contributed by atoms with Crippen LogP contribution in [0.1, 0.15) is 58.3 Å². The fourth-order valence-corrected chi connectivity index (χ4v) is 3.61. The Hall–Kier alpha value is -0.610. The summed E-state index contributed by atoms with van der Waals surface area (Å²) in [6.07, 6.45) is 9.30. The number of nitrogens with one attached hydrogen (secondary N) is 2. The molecule has 20 heavy (non-hydrogen) atoms. The Balaban J connectivity index is 1.66. The van der Waals surface area contributed by atoms with Crippen LogP contribution in [-0.2, 0) is 4.79 Å². The highest BCUT2D eigenvalue weighted by Crippen LogP contribution is 2.24. The van der Waals surface area contributed by atoms with E-state index in [0.29, 0.717) is 0 Å². The number of carbonyl (C=O) groups excluding carboxylic acids is 1. The highest BCUT2D eigenvalue weighted by molar-refractivity contribution is 5.86. The van der Waals surface area contributed by atoms with Crippen molar-refractivity contribution in [3.8, 4) is 0 Å². The van der Waals surface area contributed by atoms with E-state index in [0.717, 1.165) is 51.7 Å². The Morgan fingerprint density at radius 3 is 2.70 bits per heavy atom. The molecule has 0 radical (unpaired) electrons. The molecule has 4 nitrogen and oxygen atoms in total. The molecule has 0 bridgehead atoms. The molecule has 2 fully saturated rings. The van der Waals surface area contributed by atoms with Gasteiger partial charge in [-0.25, -0.2) is 0 Å². The summed E-state index contributed by atoms with van der Waals surface area (Å²) in [7, 11) is 0. The second-order valence-corrected chi connectivity index (χ2v) is 6.37. The van der Waals surface area contributed by atoms with Crippen LogP contribution in [0.15, 0.2) is 0 Å². The van der Waals surface area contributed by atoms with Crippen molar-refractivity contribution in [1.82, 2.24) is 15.5 Å². The van der Waals surface area contributed by atoms with Gasteiger partial charge in [0.15, 0.2) is 0 Å². The van der Waals surface area contributed by atoms with Crippen LogP contribution in [0.4, 0.5) is 0 Å². The predicted octanol–water partition coefficient (Wildman–Crippen LogP) is 1.90. The van der Waals surface area contributed by atoms with Gasteiger partial charge in [0.1, 0.15) is 0 Å². The molecule has 1 amide bonds. The summed E-state index contributed by atoms with van der Waals surface area (Å²) in [5, 5.41) is 6.60. The zero-order valence-electron chi connectivity index (χ0n) is 13.0. The third kappa shape index (κ3) is 4.19. The minimum Gasteiger partial charge on any atom is -0.354 e. The zero-order valence-corrected chi connectivity index (χ0v) is 13.0. The Morgan fingerprint density at radius 1 is 1.25 bits per heavy atom. The van der Waals surface area contributed by atoms with Crippen LogP contribution in [0, 0.1) is 0 Å². The molecule has 4 heteroatoms. The van der Waals surface area contributed by atoms with Crippen LogP contribution in [0.3, 0.4) is 0 Å². The molecular weight excluding hydrogens is 250 g/mol. The van der Waals surface area contributed by atoms with E-state index in [2.05, 4.69) is 22.5 Å². The Bertz CT molecular complexity index is 294. The molecule has 0 saturated carbocycles. The van der Waals surface area contributed by atoms with E-state index >= 15 is 0 Å². The molecule has 2 aliphatic rings. The largest absolute Gasteiger partial charge is 0.354 e. The molecule has 2 heterocycles. The highest BCUT2D eigenvalue weighted by Gasteiger charge is 2.39. The van der Waals surface area contributed by atoms with Gasteiger partial charge in [-0.3, -0.25) is 4.79 Å². The average molecular weight is 281 g/mol. The monoisotopic (exact) mass is 281 g/mol. The first-order chi connectivity index (χ1) is 9.77. The minimum atomic E-state index is -0.264. The zero-order chi connectivity index (χ0) is 14.3. The smallest absolute Gasteiger partial charge is 0.240 e. The lowest BCUT2D eigenvalue weighted by molar-refractivity contribution is -0.127. The van der Waals surface area contributed by atoms with Gasteiger partial charge < -0.3 is 15.5 Å². The van der Waals surface area contributed by atoms with Crippen molar-refractivity contribution in [3.63, 3.8) is 0 Å². The summed E-state index contributed by atoms with van der Waals surface area (Å²) in [6, 6.07) is 0.